The van der Waals surface area contributed by atoms with Crippen LogP contribution in [0, 0.1) is 6.92 Å². The van der Waals surface area contributed by atoms with Crippen molar-refractivity contribution in [3.63, 3.8) is 0 Å². The van der Waals surface area contributed by atoms with Crippen LogP contribution in [0.15, 0.2) is 90.2 Å². The summed E-state index contributed by atoms with van der Waals surface area (Å²) in [4.78, 5) is 17.7. The molecule has 0 unspecified atom stereocenters. The van der Waals surface area contributed by atoms with Gasteiger partial charge in [-0.05, 0) is 42.8 Å². The van der Waals surface area contributed by atoms with E-state index in [9.17, 15) is 18.0 Å². The molecular weight excluding hydrogens is 571 g/mol. The summed E-state index contributed by atoms with van der Waals surface area (Å²) in [5, 5.41) is 12.3. The molecule has 2 heterocycles. The first-order valence-electron chi connectivity index (χ1n) is 12.5. The maximum atomic E-state index is 13.0. The number of aromatic nitrogens is 4. The van der Waals surface area contributed by atoms with Crippen molar-refractivity contribution < 1.29 is 22.7 Å². The third kappa shape index (κ3) is 7.53. The Kier molecular flexibility index (Phi) is 8.70. The molecule has 7 nitrogen and oxygen atoms in total. The second-order valence-corrected chi connectivity index (χ2v) is 11.1. The van der Waals surface area contributed by atoms with Crippen molar-refractivity contribution in [1.82, 2.24) is 19.7 Å². The summed E-state index contributed by atoms with van der Waals surface area (Å²) in [7, 11) is 0. The average Bonchev–Trinajstić information content (AvgIpc) is 3.58. The number of aryl methyl sites for hydroxylation is 1. The van der Waals surface area contributed by atoms with Crippen LogP contribution in [-0.4, -0.2) is 31.4 Å². The predicted molar refractivity (Wildman–Crippen MR) is 153 cm³/mol. The molecule has 0 aliphatic heterocycles. The Labute approximate surface area is 242 Å². The van der Waals surface area contributed by atoms with E-state index < -0.39 is 11.7 Å². The molecular formula is C29H24F3N5O2S2. The number of nitrogens with zero attached hydrogens (tertiary/aromatic N) is 4. The number of amides is 1. The summed E-state index contributed by atoms with van der Waals surface area (Å²) in [6.07, 6.45) is -2.57. The highest BCUT2D eigenvalue weighted by Crippen LogP contribution is 2.31. The first-order chi connectivity index (χ1) is 19.7. The molecule has 210 valence electrons. The molecule has 0 radical (unpaired) electrons. The van der Waals surface area contributed by atoms with Crippen molar-refractivity contribution in [2.24, 2.45) is 0 Å². The lowest BCUT2D eigenvalue weighted by Crippen LogP contribution is -2.14. The number of anilines is 1. The van der Waals surface area contributed by atoms with Crippen molar-refractivity contribution in [3.8, 4) is 11.4 Å². The number of carbonyl (C=O) groups is 1. The lowest BCUT2D eigenvalue weighted by atomic mass is 10.1. The first kappa shape index (κ1) is 28.4. The fourth-order valence-corrected chi connectivity index (χ4v) is 5.53. The van der Waals surface area contributed by atoms with Gasteiger partial charge in [-0.3, -0.25) is 9.36 Å². The molecule has 1 N–H and O–H groups in total. The standard InChI is InChI=1S/C29H24F3N5O2S2/c1-19-10-12-23(13-11-19)39-17-25-35-36-28(37(25)22-8-3-2-4-9-22)40-18-26(38)34-27-33-16-24(41-27)15-20-6-5-7-21(14-20)29(30,31)32/h2-14,16H,15,17-18H2,1H3,(H,33,34,38). The van der Waals surface area contributed by atoms with E-state index in [4.69, 9.17) is 4.74 Å². The van der Waals surface area contributed by atoms with Gasteiger partial charge in [0.1, 0.15) is 12.4 Å². The smallest absolute Gasteiger partial charge is 0.416 e. The lowest BCUT2D eigenvalue weighted by molar-refractivity contribution is -0.137. The fourth-order valence-electron chi connectivity index (χ4n) is 3.90. The number of halogens is 3. The molecule has 0 saturated heterocycles. The number of ether oxygens (including phenoxy) is 1. The lowest BCUT2D eigenvalue weighted by Gasteiger charge is -2.11. The van der Waals surface area contributed by atoms with E-state index >= 15 is 0 Å². The number of thiazole rings is 1. The Bertz CT molecular complexity index is 1620. The molecule has 5 aromatic rings. The molecule has 12 heteroatoms. The number of hydrogen-bond donors (Lipinski definition) is 1. The summed E-state index contributed by atoms with van der Waals surface area (Å²) < 4.78 is 46.8. The highest BCUT2D eigenvalue weighted by atomic mass is 32.2. The molecule has 0 aliphatic carbocycles. The Balaban J connectivity index is 1.22. The first-order valence-corrected chi connectivity index (χ1v) is 14.3. The molecule has 0 spiro atoms. The highest BCUT2D eigenvalue weighted by molar-refractivity contribution is 7.99. The van der Waals surface area contributed by atoms with E-state index in [0.717, 1.165) is 28.3 Å². The van der Waals surface area contributed by atoms with Crippen LogP contribution in [0.25, 0.3) is 5.69 Å². The van der Waals surface area contributed by atoms with Gasteiger partial charge in [-0.1, -0.05) is 65.9 Å². The zero-order chi connectivity index (χ0) is 28.8. The predicted octanol–water partition coefficient (Wildman–Crippen LogP) is 6.95. The molecule has 0 atom stereocenters. The van der Waals surface area contributed by atoms with Gasteiger partial charge in [0.25, 0.3) is 0 Å². The van der Waals surface area contributed by atoms with Crippen LogP contribution < -0.4 is 10.1 Å². The molecule has 5 rings (SSSR count). The average molecular weight is 596 g/mol. The van der Waals surface area contributed by atoms with E-state index in [1.54, 1.807) is 12.3 Å². The number of benzene rings is 3. The van der Waals surface area contributed by atoms with Crippen molar-refractivity contribution in [2.75, 3.05) is 11.1 Å². The van der Waals surface area contributed by atoms with E-state index in [-0.39, 0.29) is 24.7 Å². The van der Waals surface area contributed by atoms with Gasteiger partial charge in [0, 0.05) is 23.2 Å². The Morgan fingerprint density at radius 2 is 1.80 bits per heavy atom. The van der Waals surface area contributed by atoms with E-state index in [1.807, 2.05) is 66.1 Å². The number of carbonyl (C=O) groups excluding carboxylic acids is 1. The molecule has 0 aliphatic rings. The summed E-state index contributed by atoms with van der Waals surface area (Å²) >= 11 is 2.44. The zero-order valence-corrected chi connectivity index (χ0v) is 23.4. The zero-order valence-electron chi connectivity index (χ0n) is 21.8. The quantitative estimate of drug-likeness (QED) is 0.176. The number of hydrogen-bond acceptors (Lipinski definition) is 7. The Morgan fingerprint density at radius 1 is 1.02 bits per heavy atom. The van der Waals surface area contributed by atoms with Crippen LogP contribution in [0.5, 0.6) is 5.75 Å². The van der Waals surface area contributed by atoms with E-state index in [0.29, 0.717) is 27.4 Å². The minimum Gasteiger partial charge on any atom is -0.486 e. The summed E-state index contributed by atoms with van der Waals surface area (Å²) in [5.74, 6) is 1.04. The van der Waals surface area contributed by atoms with Crippen LogP contribution in [0.1, 0.15) is 27.4 Å². The Hall–Kier alpha value is -4.16. The van der Waals surface area contributed by atoms with Gasteiger partial charge in [0.05, 0.1) is 11.3 Å². The summed E-state index contributed by atoms with van der Waals surface area (Å²) in [6, 6.07) is 22.4. The van der Waals surface area contributed by atoms with E-state index in [2.05, 4.69) is 20.5 Å². The fraction of sp³-hybridized carbons (Fsp3) is 0.172. The number of alkyl halides is 3. The third-order valence-corrected chi connectivity index (χ3v) is 7.71. The van der Waals surface area contributed by atoms with Gasteiger partial charge in [-0.15, -0.1) is 21.5 Å². The maximum Gasteiger partial charge on any atom is 0.416 e. The second-order valence-electron chi connectivity index (χ2n) is 9.01. The number of rotatable bonds is 10. The molecule has 41 heavy (non-hydrogen) atoms. The number of thioether (sulfide) groups is 1. The van der Waals surface area contributed by atoms with Gasteiger partial charge in [0.15, 0.2) is 16.1 Å². The van der Waals surface area contributed by atoms with Gasteiger partial charge < -0.3 is 10.1 Å². The van der Waals surface area contributed by atoms with Gasteiger partial charge in [-0.2, -0.15) is 13.2 Å². The van der Waals surface area contributed by atoms with Crippen molar-refractivity contribution >= 4 is 34.1 Å². The van der Waals surface area contributed by atoms with Crippen LogP contribution in [0.3, 0.4) is 0 Å². The topological polar surface area (TPSA) is 81.9 Å². The molecule has 3 aromatic carbocycles. The molecule has 0 fully saturated rings. The van der Waals surface area contributed by atoms with Gasteiger partial charge >= 0.3 is 6.18 Å². The SMILES string of the molecule is Cc1ccc(OCc2nnc(SCC(=O)Nc3ncc(Cc4cccc(C(F)(F)F)c4)s3)n2-c2ccccc2)cc1. The van der Waals surface area contributed by atoms with Crippen LogP contribution in [-0.2, 0) is 24.0 Å². The molecule has 0 bridgehead atoms. The minimum atomic E-state index is -4.40. The van der Waals surface area contributed by atoms with Crippen molar-refractivity contribution in [2.45, 2.75) is 31.3 Å². The number of para-hydroxylation sites is 1. The van der Waals surface area contributed by atoms with Crippen molar-refractivity contribution in [1.29, 1.82) is 0 Å². The highest BCUT2D eigenvalue weighted by Gasteiger charge is 2.30. The van der Waals surface area contributed by atoms with Crippen LogP contribution in [0.4, 0.5) is 18.3 Å². The van der Waals surface area contributed by atoms with Gasteiger partial charge in [-0.25, -0.2) is 4.98 Å². The minimum absolute atomic E-state index is 0.0479. The molecule has 1 amide bonds. The monoisotopic (exact) mass is 595 g/mol. The molecule has 2 aromatic heterocycles. The maximum absolute atomic E-state index is 13.0. The summed E-state index contributed by atoms with van der Waals surface area (Å²) in [6.45, 7) is 2.19. The van der Waals surface area contributed by atoms with Crippen LogP contribution in [0.2, 0.25) is 0 Å². The van der Waals surface area contributed by atoms with Gasteiger partial charge in [0.2, 0.25) is 5.91 Å². The third-order valence-electron chi connectivity index (χ3n) is 5.87. The number of nitrogens with one attached hydrogen (secondary N) is 1. The normalized spacial score (nSPS) is 11.4. The van der Waals surface area contributed by atoms with E-state index in [1.165, 1.54) is 29.2 Å². The second kappa shape index (κ2) is 12.6. The molecule has 0 saturated carbocycles. The summed E-state index contributed by atoms with van der Waals surface area (Å²) in [5.41, 5.74) is 1.78. The largest absolute Gasteiger partial charge is 0.486 e. The van der Waals surface area contributed by atoms with Crippen LogP contribution >= 0.6 is 23.1 Å². The Morgan fingerprint density at radius 3 is 2.56 bits per heavy atom. The van der Waals surface area contributed by atoms with Crippen molar-refractivity contribution in [3.05, 3.63) is 112 Å².